The number of nitrogens with zero attached hydrogens (tertiary/aromatic N) is 2. The predicted molar refractivity (Wildman–Crippen MR) is 75.1 cm³/mol. The molecule has 1 heterocycles. The van der Waals surface area contributed by atoms with Crippen molar-refractivity contribution >= 4 is 10.0 Å². The topological polar surface area (TPSA) is 73.2 Å². The molecule has 126 valence electrons. The van der Waals surface area contributed by atoms with Gasteiger partial charge in [-0.2, -0.15) is 0 Å². The van der Waals surface area contributed by atoms with Crippen LogP contribution in [-0.4, -0.2) is 30.4 Å². The monoisotopic (exact) mass is 349 g/mol. The summed E-state index contributed by atoms with van der Waals surface area (Å²) in [4.78, 5) is 3.53. The van der Waals surface area contributed by atoms with Crippen molar-refractivity contribution in [2.45, 2.75) is 30.8 Å². The molecule has 0 unspecified atom stereocenters. The van der Waals surface area contributed by atoms with Crippen LogP contribution in [0.15, 0.2) is 47.9 Å². The lowest BCUT2D eigenvalue weighted by molar-refractivity contribution is -0.274. The molecule has 0 fully saturated rings. The summed E-state index contributed by atoms with van der Waals surface area (Å²) in [6, 6.07) is 3.73. The van der Waals surface area contributed by atoms with Gasteiger partial charge in [-0.25, -0.2) is 18.1 Å². The molecule has 2 rings (SSSR count). The van der Waals surface area contributed by atoms with E-state index in [2.05, 4.69) is 14.4 Å². The number of hydrogen-bond donors (Lipinski definition) is 1. The van der Waals surface area contributed by atoms with E-state index < -0.39 is 28.2 Å². The molecule has 0 aliphatic carbocycles. The summed E-state index contributed by atoms with van der Waals surface area (Å²) in [7, 11) is -3.97. The fourth-order valence-corrected chi connectivity index (χ4v) is 3.19. The molecule has 1 aromatic carbocycles. The Morgan fingerprint density at radius 1 is 1.39 bits per heavy atom. The van der Waals surface area contributed by atoms with Gasteiger partial charge in [0.25, 0.3) is 0 Å². The summed E-state index contributed by atoms with van der Waals surface area (Å²) in [5.74, 6) is -0.595. The number of halogens is 3. The Labute approximate surface area is 131 Å². The highest BCUT2D eigenvalue weighted by molar-refractivity contribution is 7.89. The molecule has 1 atom stereocenters. The van der Waals surface area contributed by atoms with Crippen LogP contribution < -0.4 is 9.46 Å². The first-order chi connectivity index (χ1) is 10.7. The molecular weight excluding hydrogens is 335 g/mol. The minimum atomic E-state index is -4.88. The fraction of sp³-hybridized carbons (Fsp3) is 0.308. The van der Waals surface area contributed by atoms with Gasteiger partial charge in [0, 0.05) is 31.0 Å². The van der Waals surface area contributed by atoms with Crippen molar-refractivity contribution in [2.75, 3.05) is 0 Å². The van der Waals surface area contributed by atoms with Crippen molar-refractivity contribution in [1.82, 2.24) is 14.3 Å². The second kappa shape index (κ2) is 6.59. The second-order valence-electron chi connectivity index (χ2n) is 4.80. The van der Waals surface area contributed by atoms with Crippen LogP contribution in [0.4, 0.5) is 13.2 Å². The van der Waals surface area contributed by atoms with Gasteiger partial charge in [-0.3, -0.25) is 0 Å². The number of ether oxygens (including phenoxy) is 1. The van der Waals surface area contributed by atoms with E-state index in [9.17, 15) is 21.6 Å². The maximum absolute atomic E-state index is 12.2. The number of rotatable bonds is 6. The molecular formula is C13H14F3N3O3S. The lowest BCUT2D eigenvalue weighted by Gasteiger charge is -2.15. The molecule has 1 aromatic heterocycles. The summed E-state index contributed by atoms with van der Waals surface area (Å²) in [6.45, 7) is 1.96. The normalized spacial score (nSPS) is 13.7. The van der Waals surface area contributed by atoms with E-state index in [-0.39, 0.29) is 4.90 Å². The number of benzene rings is 1. The quantitative estimate of drug-likeness (QED) is 0.867. The Morgan fingerprint density at radius 2 is 2.13 bits per heavy atom. The zero-order chi connectivity index (χ0) is 17.1. The zero-order valence-corrected chi connectivity index (χ0v) is 12.8. The molecule has 0 spiro atoms. The number of hydrogen-bond acceptors (Lipinski definition) is 4. The van der Waals surface area contributed by atoms with E-state index in [4.69, 9.17) is 0 Å². The molecule has 1 N–H and O–H groups in total. The Bertz CT molecular complexity index is 745. The fourth-order valence-electron chi connectivity index (χ4n) is 1.92. The van der Waals surface area contributed by atoms with Crippen LogP contribution in [-0.2, 0) is 16.6 Å². The van der Waals surface area contributed by atoms with Crippen LogP contribution in [0.3, 0.4) is 0 Å². The maximum Gasteiger partial charge on any atom is 0.573 e. The minimum Gasteiger partial charge on any atom is -0.406 e. The molecule has 0 aliphatic rings. The van der Waals surface area contributed by atoms with Gasteiger partial charge in [-0.1, -0.05) is 6.07 Å². The van der Waals surface area contributed by atoms with Crippen LogP contribution in [0, 0.1) is 0 Å². The van der Waals surface area contributed by atoms with Gasteiger partial charge < -0.3 is 9.30 Å². The van der Waals surface area contributed by atoms with E-state index in [1.807, 2.05) is 0 Å². The average molecular weight is 349 g/mol. The van der Waals surface area contributed by atoms with E-state index in [1.54, 1.807) is 23.9 Å². The van der Waals surface area contributed by atoms with Gasteiger partial charge >= 0.3 is 6.36 Å². The number of alkyl halides is 3. The van der Waals surface area contributed by atoms with E-state index >= 15 is 0 Å². The van der Waals surface area contributed by atoms with Crippen molar-refractivity contribution in [1.29, 1.82) is 0 Å². The molecule has 0 radical (unpaired) electrons. The van der Waals surface area contributed by atoms with Gasteiger partial charge in [0.15, 0.2) is 0 Å². The maximum atomic E-state index is 12.2. The Kier molecular flexibility index (Phi) is 4.95. The molecule has 10 heteroatoms. The minimum absolute atomic E-state index is 0.309. The van der Waals surface area contributed by atoms with E-state index in [1.165, 1.54) is 18.5 Å². The molecule has 0 aliphatic heterocycles. The van der Waals surface area contributed by atoms with Crippen molar-refractivity contribution in [3.63, 3.8) is 0 Å². The lowest BCUT2D eigenvalue weighted by atomic mass is 10.3. The summed E-state index contributed by atoms with van der Waals surface area (Å²) in [5, 5.41) is 0. The van der Waals surface area contributed by atoms with Crippen molar-refractivity contribution in [3.8, 4) is 5.75 Å². The highest BCUT2D eigenvalue weighted by Crippen LogP contribution is 2.24. The van der Waals surface area contributed by atoms with Crippen LogP contribution in [0.25, 0.3) is 0 Å². The SMILES string of the molecule is C[C@H](Cn1ccnc1)NS(=O)(=O)c1cccc(OC(F)(F)F)c1. The molecule has 0 saturated carbocycles. The predicted octanol–water partition coefficient (Wildman–Crippen LogP) is 2.15. The van der Waals surface area contributed by atoms with Crippen molar-refractivity contribution < 1.29 is 26.3 Å². The third kappa shape index (κ3) is 5.25. The first kappa shape index (κ1) is 17.3. The molecule has 0 saturated heterocycles. The highest BCUT2D eigenvalue weighted by Gasteiger charge is 2.31. The number of imidazole rings is 1. The summed E-state index contributed by atoms with van der Waals surface area (Å²) in [6.07, 6.45) is -0.130. The van der Waals surface area contributed by atoms with Crippen molar-refractivity contribution in [3.05, 3.63) is 43.0 Å². The van der Waals surface area contributed by atoms with Crippen LogP contribution in [0.5, 0.6) is 5.75 Å². The van der Waals surface area contributed by atoms with Gasteiger partial charge in [0.2, 0.25) is 10.0 Å². The molecule has 6 nitrogen and oxygen atoms in total. The number of aromatic nitrogens is 2. The number of sulfonamides is 1. The molecule has 23 heavy (non-hydrogen) atoms. The average Bonchev–Trinajstić information content (AvgIpc) is 2.89. The largest absolute Gasteiger partial charge is 0.573 e. The van der Waals surface area contributed by atoms with Gasteiger partial charge in [0.1, 0.15) is 5.75 Å². The molecule has 0 amide bonds. The van der Waals surface area contributed by atoms with Crippen LogP contribution in [0.2, 0.25) is 0 Å². The smallest absolute Gasteiger partial charge is 0.406 e. The van der Waals surface area contributed by atoms with Crippen LogP contribution in [0.1, 0.15) is 6.92 Å². The van der Waals surface area contributed by atoms with Gasteiger partial charge in [-0.15, -0.1) is 13.2 Å². The van der Waals surface area contributed by atoms with Gasteiger partial charge in [0.05, 0.1) is 11.2 Å². The lowest BCUT2D eigenvalue weighted by Crippen LogP contribution is -2.35. The van der Waals surface area contributed by atoms with Gasteiger partial charge in [-0.05, 0) is 19.1 Å². The highest BCUT2D eigenvalue weighted by atomic mass is 32.2. The summed E-state index contributed by atoms with van der Waals surface area (Å²) < 4.78 is 68.8. The second-order valence-corrected chi connectivity index (χ2v) is 6.52. The third-order valence-corrected chi connectivity index (χ3v) is 4.34. The Balaban J connectivity index is 2.11. The molecule has 0 bridgehead atoms. The Hall–Kier alpha value is -2.07. The first-order valence-corrected chi connectivity index (χ1v) is 7.98. The third-order valence-electron chi connectivity index (χ3n) is 2.75. The standard InChI is InChI=1S/C13H14F3N3O3S/c1-10(8-19-6-5-17-9-19)18-23(20,21)12-4-2-3-11(7-12)22-13(14,15)16/h2-7,9-10,18H,8H2,1H3/t10-/m1/s1. The van der Waals surface area contributed by atoms with Crippen molar-refractivity contribution in [2.24, 2.45) is 0 Å². The summed E-state index contributed by atoms with van der Waals surface area (Å²) in [5.41, 5.74) is 0. The van der Waals surface area contributed by atoms with E-state index in [0.717, 1.165) is 12.1 Å². The Morgan fingerprint density at radius 3 is 2.74 bits per heavy atom. The van der Waals surface area contributed by atoms with Crippen LogP contribution >= 0.6 is 0 Å². The molecule has 2 aromatic rings. The summed E-state index contributed by atoms with van der Waals surface area (Å²) >= 11 is 0. The zero-order valence-electron chi connectivity index (χ0n) is 12.0. The van der Waals surface area contributed by atoms with E-state index in [0.29, 0.717) is 6.54 Å². The first-order valence-electron chi connectivity index (χ1n) is 6.49. The number of nitrogens with one attached hydrogen (secondary N) is 1.